The van der Waals surface area contributed by atoms with Crippen LogP contribution in [0.25, 0.3) is 22.3 Å². The van der Waals surface area contributed by atoms with Crippen molar-refractivity contribution in [2.24, 2.45) is 0 Å². The van der Waals surface area contributed by atoms with E-state index < -0.39 is 15.4 Å². The first-order valence-electron chi connectivity index (χ1n) is 7.66. The van der Waals surface area contributed by atoms with Crippen molar-refractivity contribution < 1.29 is 8.42 Å². The number of nitrogens with one attached hydrogen (secondary N) is 1. The highest BCUT2D eigenvalue weighted by Crippen LogP contribution is 2.37. The topological polar surface area (TPSA) is 143 Å². The molecule has 4 heterocycles. The summed E-state index contributed by atoms with van der Waals surface area (Å²) in [6, 6.07) is 3.92. The van der Waals surface area contributed by atoms with Gasteiger partial charge in [-0.3, -0.25) is 4.68 Å². The number of H-pyrrole nitrogens is 1. The summed E-state index contributed by atoms with van der Waals surface area (Å²) in [5.74, 6) is 0.166. The number of nitrogens with zero attached hydrogens (tertiary/aromatic N) is 5. The number of fused-ring (bicyclic) bond motifs is 1. The first-order valence-corrected chi connectivity index (χ1v) is 9.48. The van der Waals surface area contributed by atoms with E-state index in [0.29, 0.717) is 23.3 Å². The molecule has 1 fully saturated rings. The summed E-state index contributed by atoms with van der Waals surface area (Å²) in [4.78, 5) is 11.5. The van der Waals surface area contributed by atoms with Crippen LogP contribution >= 0.6 is 0 Å². The summed E-state index contributed by atoms with van der Waals surface area (Å²) in [6.07, 6.45) is 5.26. The van der Waals surface area contributed by atoms with Crippen molar-refractivity contribution in [1.29, 1.82) is 5.26 Å². The quantitative estimate of drug-likeness (QED) is 0.706. The van der Waals surface area contributed by atoms with Gasteiger partial charge in [0.25, 0.3) is 0 Å². The molecule has 0 amide bonds. The number of hydrogen-bond donors (Lipinski definition) is 2. The lowest BCUT2D eigenvalue weighted by Gasteiger charge is -2.25. The van der Waals surface area contributed by atoms with Crippen molar-refractivity contribution in [3.63, 3.8) is 0 Å². The number of aromatic nitrogens is 5. The van der Waals surface area contributed by atoms with Crippen molar-refractivity contribution in [1.82, 2.24) is 24.7 Å². The van der Waals surface area contributed by atoms with Gasteiger partial charge in [-0.05, 0) is 12.5 Å². The molecule has 25 heavy (non-hydrogen) atoms. The second-order valence-electron chi connectivity index (χ2n) is 6.24. The zero-order valence-corrected chi connectivity index (χ0v) is 14.0. The third-order valence-corrected chi connectivity index (χ3v) is 6.42. The van der Waals surface area contributed by atoms with Gasteiger partial charge in [0.1, 0.15) is 12.0 Å². The van der Waals surface area contributed by atoms with Gasteiger partial charge in [-0.15, -0.1) is 0 Å². The Bertz CT molecular complexity index is 1110. The molecular formula is C15H15N7O2S. The number of nitrogen functional groups attached to an aromatic ring is 1. The number of nitrogens with two attached hydrogens (primary N) is 1. The highest BCUT2D eigenvalue weighted by atomic mass is 32.2. The number of sulfone groups is 1. The number of anilines is 1. The van der Waals surface area contributed by atoms with E-state index in [4.69, 9.17) is 5.73 Å². The first-order chi connectivity index (χ1) is 11.9. The second kappa shape index (κ2) is 5.29. The smallest absolute Gasteiger partial charge is 0.154 e. The van der Waals surface area contributed by atoms with Crippen LogP contribution in [0.2, 0.25) is 0 Å². The Labute approximate surface area is 143 Å². The highest BCUT2D eigenvalue weighted by Gasteiger charge is 2.45. The molecule has 128 valence electrons. The summed E-state index contributed by atoms with van der Waals surface area (Å²) in [5.41, 5.74) is 7.08. The van der Waals surface area contributed by atoms with E-state index in [1.807, 2.05) is 6.07 Å². The summed E-state index contributed by atoms with van der Waals surface area (Å²) in [6.45, 7) is 0. The van der Waals surface area contributed by atoms with Crippen molar-refractivity contribution in [2.75, 3.05) is 17.2 Å². The molecular weight excluding hydrogens is 342 g/mol. The van der Waals surface area contributed by atoms with E-state index >= 15 is 0 Å². The normalized spacial score (nSPS) is 22.2. The van der Waals surface area contributed by atoms with Gasteiger partial charge in [0.05, 0.1) is 40.8 Å². The predicted octanol–water partition coefficient (Wildman–Crippen LogP) is 0.831. The molecule has 1 unspecified atom stereocenters. The Kier molecular flexibility index (Phi) is 3.30. The summed E-state index contributed by atoms with van der Waals surface area (Å²) in [7, 11) is -3.20. The lowest BCUT2D eigenvalue weighted by molar-refractivity contribution is 0.302. The Morgan fingerprint density at radius 1 is 1.44 bits per heavy atom. The molecule has 0 saturated carbocycles. The number of hydrogen-bond acceptors (Lipinski definition) is 7. The largest absolute Gasteiger partial charge is 0.382 e. The van der Waals surface area contributed by atoms with Crippen molar-refractivity contribution in [3.05, 3.63) is 24.8 Å². The van der Waals surface area contributed by atoms with Crippen LogP contribution in [0.15, 0.2) is 24.8 Å². The van der Waals surface area contributed by atoms with Crippen LogP contribution in [-0.4, -0.2) is 44.7 Å². The Hall–Kier alpha value is -2.93. The van der Waals surface area contributed by atoms with Gasteiger partial charge in [0.15, 0.2) is 15.7 Å². The van der Waals surface area contributed by atoms with Crippen LogP contribution in [-0.2, 0) is 15.4 Å². The standard InChI is InChI=1S/C15H15N7O2S/c16-4-2-15(3-6-25(23,24)8-15)22-7-11(13(17)21-22)12-10-1-5-18-14(10)20-9-19-12/h1,5,7,9H,2-3,6,8H2,(H2,17,21)(H,18,19,20). The summed E-state index contributed by atoms with van der Waals surface area (Å²) >= 11 is 0. The van der Waals surface area contributed by atoms with E-state index in [9.17, 15) is 13.7 Å². The lowest BCUT2D eigenvalue weighted by Crippen LogP contribution is -2.35. The van der Waals surface area contributed by atoms with Crippen LogP contribution < -0.4 is 5.73 Å². The predicted molar refractivity (Wildman–Crippen MR) is 91.0 cm³/mol. The lowest BCUT2D eigenvalue weighted by atomic mass is 9.95. The number of aromatic amines is 1. The van der Waals surface area contributed by atoms with E-state index in [2.05, 4.69) is 26.1 Å². The number of nitriles is 1. The van der Waals surface area contributed by atoms with E-state index in [-0.39, 0.29) is 23.7 Å². The van der Waals surface area contributed by atoms with E-state index in [1.54, 1.807) is 12.4 Å². The van der Waals surface area contributed by atoms with E-state index in [1.165, 1.54) is 11.0 Å². The molecule has 0 radical (unpaired) electrons. The van der Waals surface area contributed by atoms with Crippen LogP contribution in [0.5, 0.6) is 0 Å². The fraction of sp³-hybridized carbons (Fsp3) is 0.333. The van der Waals surface area contributed by atoms with Crippen LogP contribution in [0.1, 0.15) is 12.8 Å². The summed E-state index contributed by atoms with van der Waals surface area (Å²) < 4.78 is 25.5. The Morgan fingerprint density at radius 3 is 3.00 bits per heavy atom. The van der Waals surface area contributed by atoms with E-state index in [0.717, 1.165) is 5.39 Å². The Morgan fingerprint density at radius 2 is 2.28 bits per heavy atom. The molecule has 1 atom stereocenters. The molecule has 1 aliphatic heterocycles. The van der Waals surface area contributed by atoms with Crippen molar-refractivity contribution in [2.45, 2.75) is 18.4 Å². The minimum absolute atomic E-state index is 0.0410. The first kappa shape index (κ1) is 15.6. The molecule has 0 aliphatic carbocycles. The third-order valence-electron chi connectivity index (χ3n) is 4.61. The average molecular weight is 357 g/mol. The fourth-order valence-electron chi connectivity index (χ4n) is 3.35. The van der Waals surface area contributed by atoms with Crippen molar-refractivity contribution in [3.8, 4) is 17.3 Å². The average Bonchev–Trinajstić information content (AvgIpc) is 3.25. The van der Waals surface area contributed by atoms with Gasteiger partial charge in [-0.2, -0.15) is 10.4 Å². The molecule has 3 aromatic heterocycles. The molecule has 4 rings (SSSR count). The van der Waals surface area contributed by atoms with Crippen LogP contribution in [0.3, 0.4) is 0 Å². The molecule has 0 aromatic carbocycles. The molecule has 9 nitrogen and oxygen atoms in total. The maximum Gasteiger partial charge on any atom is 0.154 e. The minimum Gasteiger partial charge on any atom is -0.382 e. The maximum absolute atomic E-state index is 12.0. The van der Waals surface area contributed by atoms with Crippen LogP contribution in [0.4, 0.5) is 5.82 Å². The van der Waals surface area contributed by atoms with Gasteiger partial charge >= 0.3 is 0 Å². The molecule has 1 aliphatic rings. The molecule has 10 heteroatoms. The molecule has 0 bridgehead atoms. The van der Waals surface area contributed by atoms with Gasteiger partial charge in [-0.1, -0.05) is 0 Å². The van der Waals surface area contributed by atoms with Gasteiger partial charge in [-0.25, -0.2) is 18.4 Å². The van der Waals surface area contributed by atoms with Gasteiger partial charge in [0.2, 0.25) is 0 Å². The monoisotopic (exact) mass is 357 g/mol. The zero-order valence-electron chi connectivity index (χ0n) is 13.2. The van der Waals surface area contributed by atoms with Gasteiger partial charge < -0.3 is 10.7 Å². The van der Waals surface area contributed by atoms with Crippen molar-refractivity contribution >= 4 is 26.7 Å². The maximum atomic E-state index is 12.0. The molecule has 3 N–H and O–H groups in total. The fourth-order valence-corrected chi connectivity index (χ4v) is 5.38. The third kappa shape index (κ3) is 2.44. The minimum atomic E-state index is -3.20. The molecule has 0 spiro atoms. The van der Waals surface area contributed by atoms with Gasteiger partial charge in [0, 0.05) is 17.8 Å². The SMILES string of the molecule is N#CCC1(n2cc(-c3ncnc4[nH]ccc34)c(N)n2)CCS(=O)(=O)C1. The molecule has 1 saturated heterocycles. The zero-order chi connectivity index (χ0) is 17.7. The second-order valence-corrected chi connectivity index (χ2v) is 8.42. The Balaban J connectivity index is 1.86. The summed E-state index contributed by atoms with van der Waals surface area (Å²) in [5, 5.41) is 14.3. The highest BCUT2D eigenvalue weighted by molar-refractivity contribution is 7.91. The number of rotatable bonds is 3. The van der Waals surface area contributed by atoms with Crippen LogP contribution in [0, 0.1) is 11.3 Å². The molecule has 3 aromatic rings.